The lowest BCUT2D eigenvalue weighted by molar-refractivity contribution is -0.140. The van der Waals surface area contributed by atoms with E-state index in [2.05, 4.69) is 10.3 Å². The van der Waals surface area contributed by atoms with Crippen LogP contribution in [0.4, 0.5) is 0 Å². The lowest BCUT2D eigenvalue weighted by atomic mass is 10.1. The van der Waals surface area contributed by atoms with E-state index >= 15 is 0 Å². The zero-order chi connectivity index (χ0) is 13.8. The molecule has 0 saturated heterocycles. The van der Waals surface area contributed by atoms with E-state index in [1.54, 1.807) is 24.3 Å². The maximum atomic E-state index is 11.9. The molecule has 0 aliphatic heterocycles. The predicted molar refractivity (Wildman–Crippen MR) is 66.9 cm³/mol. The van der Waals surface area contributed by atoms with Gasteiger partial charge < -0.3 is 15.2 Å². The molecule has 0 aromatic carbocycles. The molecule has 2 unspecified atom stereocenters. The molecule has 1 amide bonds. The van der Waals surface area contributed by atoms with E-state index in [-0.39, 0.29) is 11.9 Å². The molecule has 0 radical (unpaired) electrons. The highest BCUT2D eigenvalue weighted by atomic mass is 16.5. The third-order valence-corrected chi connectivity index (χ3v) is 2.92. The molecule has 6 heteroatoms. The van der Waals surface area contributed by atoms with Crippen molar-refractivity contribution in [3.8, 4) is 5.88 Å². The van der Waals surface area contributed by atoms with Crippen molar-refractivity contribution < 1.29 is 19.4 Å². The van der Waals surface area contributed by atoms with Gasteiger partial charge in [0, 0.05) is 18.3 Å². The van der Waals surface area contributed by atoms with Crippen molar-refractivity contribution >= 4 is 11.9 Å². The van der Waals surface area contributed by atoms with Crippen LogP contribution in [-0.2, 0) is 4.79 Å². The number of rotatable bonds is 4. The van der Waals surface area contributed by atoms with Gasteiger partial charge in [0.15, 0.2) is 0 Å². The molecule has 2 N–H and O–H groups in total. The fraction of sp³-hybridized carbons (Fsp3) is 0.308. The molecular weight excluding hydrogens is 248 g/mol. The first-order valence-electron chi connectivity index (χ1n) is 5.82. The van der Waals surface area contributed by atoms with Gasteiger partial charge in [0.1, 0.15) is 0 Å². The van der Waals surface area contributed by atoms with Crippen molar-refractivity contribution in [2.45, 2.75) is 12.5 Å². The van der Waals surface area contributed by atoms with E-state index in [0.717, 1.165) is 0 Å². The van der Waals surface area contributed by atoms with Gasteiger partial charge in [-0.1, -0.05) is 12.2 Å². The van der Waals surface area contributed by atoms with E-state index in [1.165, 1.54) is 13.3 Å². The third kappa shape index (κ3) is 3.09. The van der Waals surface area contributed by atoms with Crippen LogP contribution in [0.25, 0.3) is 0 Å². The van der Waals surface area contributed by atoms with Crippen LogP contribution in [0.1, 0.15) is 16.8 Å². The van der Waals surface area contributed by atoms with Gasteiger partial charge in [-0.25, -0.2) is 4.98 Å². The second-order valence-corrected chi connectivity index (χ2v) is 4.23. The molecule has 1 aliphatic carbocycles. The summed E-state index contributed by atoms with van der Waals surface area (Å²) in [4.78, 5) is 26.6. The van der Waals surface area contributed by atoms with Gasteiger partial charge in [-0.05, 0) is 12.5 Å². The highest BCUT2D eigenvalue weighted by Gasteiger charge is 2.25. The fourth-order valence-electron chi connectivity index (χ4n) is 1.88. The molecule has 0 bridgehead atoms. The second kappa shape index (κ2) is 5.51. The van der Waals surface area contributed by atoms with Gasteiger partial charge in [0.2, 0.25) is 5.88 Å². The summed E-state index contributed by atoms with van der Waals surface area (Å²) in [5, 5.41) is 11.6. The van der Waals surface area contributed by atoms with E-state index in [0.29, 0.717) is 17.9 Å². The molecule has 0 saturated carbocycles. The number of pyridine rings is 1. The maximum Gasteiger partial charge on any atom is 0.310 e. The number of hydrogen-bond acceptors (Lipinski definition) is 4. The average Bonchev–Trinajstić information content (AvgIpc) is 2.87. The molecule has 1 aromatic rings. The van der Waals surface area contributed by atoms with Gasteiger partial charge in [0.05, 0.1) is 18.6 Å². The molecule has 1 aliphatic rings. The molecule has 2 rings (SSSR count). The SMILES string of the molecule is COc1ccc(C(=O)NC2C=CC(C(=O)O)C2)cn1. The summed E-state index contributed by atoms with van der Waals surface area (Å²) in [7, 11) is 1.50. The van der Waals surface area contributed by atoms with Crippen molar-refractivity contribution in [1.29, 1.82) is 0 Å². The minimum Gasteiger partial charge on any atom is -0.481 e. The lowest BCUT2D eigenvalue weighted by Gasteiger charge is -2.12. The Labute approximate surface area is 110 Å². The van der Waals surface area contributed by atoms with Crippen LogP contribution in [0.5, 0.6) is 5.88 Å². The maximum absolute atomic E-state index is 11.9. The molecule has 1 heterocycles. The third-order valence-electron chi connectivity index (χ3n) is 2.92. The summed E-state index contributed by atoms with van der Waals surface area (Å²) in [6.45, 7) is 0. The Balaban J connectivity index is 1.94. The Bertz CT molecular complexity index is 510. The van der Waals surface area contributed by atoms with Crippen molar-refractivity contribution in [2.75, 3.05) is 7.11 Å². The molecule has 0 spiro atoms. The second-order valence-electron chi connectivity index (χ2n) is 4.23. The van der Waals surface area contributed by atoms with Gasteiger partial charge in [-0.2, -0.15) is 0 Å². The molecule has 6 nitrogen and oxygen atoms in total. The first-order valence-corrected chi connectivity index (χ1v) is 5.82. The minimum absolute atomic E-state index is 0.254. The molecule has 1 aromatic heterocycles. The number of hydrogen-bond donors (Lipinski definition) is 2. The summed E-state index contributed by atoms with van der Waals surface area (Å²) in [5.74, 6) is -1.25. The Morgan fingerprint density at radius 1 is 1.42 bits per heavy atom. The van der Waals surface area contributed by atoms with Crippen molar-refractivity contribution in [3.05, 3.63) is 36.0 Å². The van der Waals surface area contributed by atoms with Crippen LogP contribution < -0.4 is 10.1 Å². The van der Waals surface area contributed by atoms with Crippen molar-refractivity contribution in [2.24, 2.45) is 5.92 Å². The summed E-state index contributed by atoms with van der Waals surface area (Å²) < 4.78 is 4.90. The highest BCUT2D eigenvalue weighted by Crippen LogP contribution is 2.18. The fourth-order valence-corrected chi connectivity index (χ4v) is 1.88. The number of nitrogens with zero attached hydrogens (tertiary/aromatic N) is 1. The lowest BCUT2D eigenvalue weighted by Crippen LogP contribution is -2.33. The Morgan fingerprint density at radius 2 is 2.21 bits per heavy atom. The summed E-state index contributed by atoms with van der Waals surface area (Å²) >= 11 is 0. The van der Waals surface area contributed by atoms with Gasteiger partial charge in [-0.15, -0.1) is 0 Å². The summed E-state index contributed by atoms with van der Waals surface area (Å²) in [5.41, 5.74) is 0.410. The number of nitrogens with one attached hydrogen (secondary N) is 1. The summed E-state index contributed by atoms with van der Waals surface area (Å²) in [6, 6.07) is 2.95. The number of carbonyl (C=O) groups excluding carboxylic acids is 1. The van der Waals surface area contributed by atoms with E-state index in [9.17, 15) is 9.59 Å². The number of aliphatic carboxylic acids is 1. The zero-order valence-corrected chi connectivity index (χ0v) is 10.4. The van der Waals surface area contributed by atoms with Crippen LogP contribution in [0, 0.1) is 5.92 Å². The number of methoxy groups -OCH3 is 1. The van der Waals surface area contributed by atoms with E-state index < -0.39 is 11.9 Å². The van der Waals surface area contributed by atoms with Crippen LogP contribution in [0.15, 0.2) is 30.5 Å². The van der Waals surface area contributed by atoms with Crippen molar-refractivity contribution in [1.82, 2.24) is 10.3 Å². The number of amides is 1. The number of carboxylic acids is 1. The minimum atomic E-state index is -0.876. The summed E-state index contributed by atoms with van der Waals surface area (Å²) in [6.07, 6.45) is 5.10. The van der Waals surface area contributed by atoms with Gasteiger partial charge in [0.25, 0.3) is 5.91 Å². The monoisotopic (exact) mass is 262 g/mol. The normalized spacial score (nSPS) is 21.1. The zero-order valence-electron chi connectivity index (χ0n) is 10.4. The standard InChI is InChI=1S/C13H14N2O4/c1-19-11-5-3-9(7-14-11)12(16)15-10-4-2-8(6-10)13(17)18/h2-5,7-8,10H,6H2,1H3,(H,15,16)(H,17,18). The highest BCUT2D eigenvalue weighted by molar-refractivity contribution is 5.94. The van der Waals surface area contributed by atoms with E-state index in [1.807, 2.05) is 0 Å². The van der Waals surface area contributed by atoms with Crippen LogP contribution in [0.2, 0.25) is 0 Å². The van der Waals surface area contributed by atoms with Crippen molar-refractivity contribution in [3.63, 3.8) is 0 Å². The quantitative estimate of drug-likeness (QED) is 0.785. The number of carbonyl (C=O) groups is 2. The first-order chi connectivity index (χ1) is 9.10. The molecule has 2 atom stereocenters. The van der Waals surface area contributed by atoms with Gasteiger partial charge in [-0.3, -0.25) is 9.59 Å². The Kier molecular flexibility index (Phi) is 3.79. The smallest absolute Gasteiger partial charge is 0.310 e. The van der Waals surface area contributed by atoms with Crippen LogP contribution in [-0.4, -0.2) is 35.1 Å². The van der Waals surface area contributed by atoms with E-state index in [4.69, 9.17) is 9.84 Å². The molecule has 19 heavy (non-hydrogen) atoms. The Hall–Kier alpha value is -2.37. The predicted octanol–water partition coefficient (Wildman–Crippen LogP) is 0.849. The van der Waals surface area contributed by atoms with Gasteiger partial charge >= 0.3 is 5.97 Å². The number of ether oxygens (including phenoxy) is 1. The average molecular weight is 262 g/mol. The molecule has 0 fully saturated rings. The van der Waals surface area contributed by atoms with Crippen LogP contribution >= 0.6 is 0 Å². The molecule has 100 valence electrons. The number of aromatic nitrogens is 1. The van der Waals surface area contributed by atoms with Crippen LogP contribution in [0.3, 0.4) is 0 Å². The molecular formula is C13H14N2O4. The largest absolute Gasteiger partial charge is 0.481 e. The topological polar surface area (TPSA) is 88.5 Å². The first kappa shape index (κ1) is 13.1. The Morgan fingerprint density at radius 3 is 2.74 bits per heavy atom. The number of carboxylic acid groups (broad SMARTS) is 1.